The van der Waals surface area contributed by atoms with Crippen molar-refractivity contribution in [3.63, 3.8) is 0 Å². The summed E-state index contributed by atoms with van der Waals surface area (Å²) in [5.74, 6) is -0.130. The molecular formula is C26H22N2O5S. The molecule has 0 fully saturated rings. The third-order valence-electron chi connectivity index (χ3n) is 5.80. The van der Waals surface area contributed by atoms with Gasteiger partial charge in [0.25, 0.3) is 11.8 Å². The lowest BCUT2D eigenvalue weighted by molar-refractivity contribution is 0.0849. The summed E-state index contributed by atoms with van der Waals surface area (Å²) in [6.45, 7) is 2.14. The minimum atomic E-state index is -0.398. The molecule has 172 valence electrons. The summed E-state index contributed by atoms with van der Waals surface area (Å²) < 4.78 is 11.1. The summed E-state index contributed by atoms with van der Waals surface area (Å²) >= 11 is 1.49. The van der Waals surface area contributed by atoms with Crippen LogP contribution in [-0.2, 0) is 19.4 Å². The summed E-state index contributed by atoms with van der Waals surface area (Å²) in [6, 6.07) is 15.6. The van der Waals surface area contributed by atoms with Crippen LogP contribution in [0.25, 0.3) is 11.0 Å². The molecule has 0 saturated carbocycles. The van der Waals surface area contributed by atoms with Crippen LogP contribution in [0.15, 0.2) is 63.8 Å². The van der Waals surface area contributed by atoms with Crippen LogP contribution in [0.3, 0.4) is 0 Å². The van der Waals surface area contributed by atoms with Crippen LogP contribution in [0.2, 0.25) is 0 Å². The van der Waals surface area contributed by atoms with Gasteiger partial charge >= 0.3 is 5.63 Å². The van der Waals surface area contributed by atoms with Gasteiger partial charge in [0.05, 0.1) is 4.88 Å². The maximum atomic E-state index is 12.4. The second kappa shape index (κ2) is 9.15. The van der Waals surface area contributed by atoms with E-state index >= 15 is 0 Å². The van der Waals surface area contributed by atoms with Crippen molar-refractivity contribution in [3.8, 4) is 5.75 Å². The fraction of sp³-hybridized carbons (Fsp3) is 0.192. The number of hydrazine groups is 1. The van der Waals surface area contributed by atoms with E-state index in [9.17, 15) is 14.4 Å². The van der Waals surface area contributed by atoms with Crippen molar-refractivity contribution in [2.24, 2.45) is 0 Å². The second-order valence-electron chi connectivity index (χ2n) is 8.21. The lowest BCUT2D eigenvalue weighted by atomic mass is 10.1. The van der Waals surface area contributed by atoms with Gasteiger partial charge in [0.2, 0.25) is 0 Å². The van der Waals surface area contributed by atoms with E-state index in [1.54, 1.807) is 30.3 Å². The molecule has 2 heterocycles. The quantitative estimate of drug-likeness (QED) is 0.332. The Morgan fingerprint density at radius 3 is 2.59 bits per heavy atom. The van der Waals surface area contributed by atoms with Crippen molar-refractivity contribution in [2.45, 2.75) is 32.8 Å². The fourth-order valence-corrected chi connectivity index (χ4v) is 5.15. The van der Waals surface area contributed by atoms with Gasteiger partial charge in [-0.15, -0.1) is 11.3 Å². The Hall–Kier alpha value is -3.91. The van der Waals surface area contributed by atoms with Crippen LogP contribution in [0.1, 0.15) is 48.0 Å². The Balaban J connectivity index is 1.16. The van der Waals surface area contributed by atoms with E-state index in [0.29, 0.717) is 21.8 Å². The summed E-state index contributed by atoms with van der Waals surface area (Å²) in [4.78, 5) is 38.2. The van der Waals surface area contributed by atoms with Gasteiger partial charge in [0, 0.05) is 28.0 Å². The van der Waals surface area contributed by atoms with E-state index < -0.39 is 11.5 Å². The van der Waals surface area contributed by atoms with Crippen LogP contribution < -0.4 is 21.2 Å². The molecule has 0 radical (unpaired) electrons. The highest BCUT2D eigenvalue weighted by atomic mass is 32.1. The maximum Gasteiger partial charge on any atom is 0.336 e. The topological polar surface area (TPSA) is 97.6 Å². The number of hydrogen-bond donors (Lipinski definition) is 2. The minimum absolute atomic E-state index is 0.281. The number of nitrogens with one attached hydrogen (secondary N) is 2. The smallest absolute Gasteiger partial charge is 0.336 e. The molecule has 4 aromatic rings. The third kappa shape index (κ3) is 4.58. The molecule has 0 unspecified atom stereocenters. The van der Waals surface area contributed by atoms with Crippen molar-refractivity contribution >= 4 is 34.1 Å². The first-order chi connectivity index (χ1) is 16.5. The predicted octanol–water partition coefficient (Wildman–Crippen LogP) is 4.31. The molecule has 0 saturated heterocycles. The number of ether oxygens (including phenoxy) is 1. The molecule has 2 aromatic heterocycles. The van der Waals surface area contributed by atoms with Crippen LogP contribution in [0.5, 0.6) is 5.75 Å². The SMILES string of the molecule is Cc1cc(=O)oc2cc(OCc3ccc(C(=O)NNC(=O)c4cc5c(s4)CCC5)cc3)ccc12. The summed E-state index contributed by atoms with van der Waals surface area (Å²) in [7, 11) is 0. The van der Waals surface area contributed by atoms with E-state index in [1.807, 2.05) is 25.1 Å². The number of rotatable bonds is 5. The Kier molecular flexibility index (Phi) is 5.90. The molecule has 1 aliphatic carbocycles. The van der Waals surface area contributed by atoms with Crippen LogP contribution in [-0.4, -0.2) is 11.8 Å². The molecule has 0 bridgehead atoms. The number of hydrogen-bond acceptors (Lipinski definition) is 6. The first-order valence-corrected chi connectivity index (χ1v) is 11.8. The lowest BCUT2D eigenvalue weighted by Crippen LogP contribution is -2.41. The molecule has 5 rings (SSSR count). The van der Waals surface area contributed by atoms with Gasteiger partial charge in [-0.1, -0.05) is 12.1 Å². The summed E-state index contributed by atoms with van der Waals surface area (Å²) in [5.41, 5.74) is 8.40. The van der Waals surface area contributed by atoms with E-state index in [-0.39, 0.29) is 12.5 Å². The standard InChI is InChI=1S/C26H22N2O5S/c1-15-11-24(29)33-21-13-19(9-10-20(15)21)32-14-16-5-7-17(8-6-16)25(30)27-28-26(31)23-12-18-3-2-4-22(18)34-23/h5-13H,2-4,14H2,1H3,(H,27,30)(H,28,31). The molecule has 0 aliphatic heterocycles. The number of amides is 2. The highest BCUT2D eigenvalue weighted by molar-refractivity contribution is 7.14. The Morgan fingerprint density at radius 1 is 1.00 bits per heavy atom. The van der Waals surface area contributed by atoms with Gasteiger partial charge in [0.1, 0.15) is 17.9 Å². The van der Waals surface area contributed by atoms with Crippen LogP contribution in [0, 0.1) is 6.92 Å². The van der Waals surface area contributed by atoms with Gasteiger partial charge in [0.15, 0.2) is 0 Å². The minimum Gasteiger partial charge on any atom is -0.489 e. The Morgan fingerprint density at radius 2 is 1.79 bits per heavy atom. The molecule has 8 heteroatoms. The molecule has 2 amide bonds. The van der Waals surface area contributed by atoms with E-state index in [0.717, 1.165) is 35.8 Å². The normalized spacial score (nSPS) is 12.4. The second-order valence-corrected chi connectivity index (χ2v) is 9.35. The van der Waals surface area contributed by atoms with Gasteiger partial charge in [-0.25, -0.2) is 4.79 Å². The number of thiophene rings is 1. The van der Waals surface area contributed by atoms with Crippen LogP contribution >= 0.6 is 11.3 Å². The molecule has 1 aliphatic rings. The van der Waals surface area contributed by atoms with Crippen LogP contribution in [0.4, 0.5) is 0 Å². The van der Waals surface area contributed by atoms with Gasteiger partial charge in [-0.05, 0) is 73.2 Å². The third-order valence-corrected chi connectivity index (χ3v) is 7.04. The van der Waals surface area contributed by atoms with Gasteiger partial charge < -0.3 is 9.15 Å². The Labute approximate surface area is 199 Å². The number of aryl methyl sites for hydroxylation is 3. The zero-order valence-electron chi connectivity index (χ0n) is 18.5. The van der Waals surface area contributed by atoms with E-state index in [2.05, 4.69) is 10.9 Å². The van der Waals surface area contributed by atoms with Crippen molar-refractivity contribution in [1.29, 1.82) is 0 Å². The van der Waals surface area contributed by atoms with Crippen molar-refractivity contribution in [3.05, 3.63) is 97.0 Å². The lowest BCUT2D eigenvalue weighted by Gasteiger charge is -2.09. The molecule has 0 spiro atoms. The van der Waals surface area contributed by atoms with Crippen molar-refractivity contribution in [2.75, 3.05) is 0 Å². The van der Waals surface area contributed by atoms with Gasteiger partial charge in [-0.3, -0.25) is 20.4 Å². The maximum absolute atomic E-state index is 12.4. The largest absolute Gasteiger partial charge is 0.489 e. The highest BCUT2D eigenvalue weighted by Gasteiger charge is 2.19. The van der Waals surface area contributed by atoms with Gasteiger partial charge in [-0.2, -0.15) is 0 Å². The highest BCUT2D eigenvalue weighted by Crippen LogP contribution is 2.30. The molecule has 2 aromatic carbocycles. The van der Waals surface area contributed by atoms with E-state index in [4.69, 9.17) is 9.15 Å². The Bertz CT molecular complexity index is 1430. The molecule has 34 heavy (non-hydrogen) atoms. The first-order valence-electron chi connectivity index (χ1n) is 10.9. The summed E-state index contributed by atoms with van der Waals surface area (Å²) in [6.07, 6.45) is 3.17. The summed E-state index contributed by atoms with van der Waals surface area (Å²) in [5, 5.41) is 0.859. The average Bonchev–Trinajstić information content (AvgIpc) is 3.44. The molecule has 7 nitrogen and oxygen atoms in total. The van der Waals surface area contributed by atoms with Crippen molar-refractivity contribution < 1.29 is 18.7 Å². The fourth-order valence-electron chi connectivity index (χ4n) is 4.00. The zero-order chi connectivity index (χ0) is 23.7. The van der Waals surface area contributed by atoms with Crippen molar-refractivity contribution in [1.82, 2.24) is 10.9 Å². The number of fused-ring (bicyclic) bond motifs is 2. The number of benzene rings is 2. The number of carbonyl (C=O) groups excluding carboxylic acids is 2. The number of carbonyl (C=O) groups is 2. The molecular weight excluding hydrogens is 452 g/mol. The average molecular weight is 475 g/mol. The monoisotopic (exact) mass is 474 g/mol. The predicted molar refractivity (Wildman–Crippen MR) is 129 cm³/mol. The van der Waals surface area contributed by atoms with E-state index in [1.165, 1.54) is 27.8 Å². The first kappa shape index (κ1) is 21.9. The zero-order valence-corrected chi connectivity index (χ0v) is 19.3. The molecule has 2 N–H and O–H groups in total. The molecule has 0 atom stereocenters.